The van der Waals surface area contributed by atoms with Crippen LogP contribution in [-0.2, 0) is 12.8 Å². The maximum Gasteiger partial charge on any atom is 0.164 e. The average Bonchev–Trinajstić information content (AvgIpc) is 3.48. The molecule has 6 aromatic rings. The van der Waals surface area contributed by atoms with E-state index in [-0.39, 0.29) is 0 Å². The zero-order chi connectivity index (χ0) is 20.1. The third-order valence-electron chi connectivity index (χ3n) is 7.01. The number of nitrogens with zero attached hydrogens (tertiary/aromatic N) is 4. The number of fused-ring (bicyclic) bond motifs is 14. The predicted octanol–water partition coefficient (Wildman–Crippen LogP) is 5.57. The highest BCUT2D eigenvalue weighted by Gasteiger charge is 2.31. The standard InChI is InChI=1S/C27H16N4/c1-2-5-16-15(4-1)12-21-17(16)7-8-20-22(21)13-23-26(20)31-24-14-28-11-9-18(24)19-6-3-10-29-25(19)27(31)30-23/h1-11,14H,12-13H2. The number of pyridine rings is 3. The molecule has 0 aliphatic heterocycles. The lowest BCUT2D eigenvalue weighted by Crippen LogP contribution is -1.97. The van der Waals surface area contributed by atoms with E-state index in [1.54, 1.807) is 0 Å². The molecule has 0 fully saturated rings. The maximum absolute atomic E-state index is 5.13. The quantitative estimate of drug-likeness (QED) is 0.315. The molecule has 4 aromatic heterocycles. The van der Waals surface area contributed by atoms with E-state index in [0.717, 1.165) is 46.0 Å². The van der Waals surface area contributed by atoms with Crippen LogP contribution in [-0.4, -0.2) is 19.4 Å². The number of imidazole rings is 1. The summed E-state index contributed by atoms with van der Waals surface area (Å²) in [4.78, 5) is 14.3. The van der Waals surface area contributed by atoms with Crippen LogP contribution in [0.3, 0.4) is 0 Å². The molecule has 144 valence electrons. The lowest BCUT2D eigenvalue weighted by molar-refractivity contribution is 1.12. The summed E-state index contributed by atoms with van der Waals surface area (Å²) >= 11 is 0. The van der Waals surface area contributed by atoms with Gasteiger partial charge in [0.05, 0.1) is 23.1 Å². The number of benzene rings is 2. The van der Waals surface area contributed by atoms with Gasteiger partial charge in [0.15, 0.2) is 5.65 Å². The van der Waals surface area contributed by atoms with Crippen molar-refractivity contribution in [1.29, 1.82) is 0 Å². The van der Waals surface area contributed by atoms with Crippen LogP contribution in [0.25, 0.3) is 49.8 Å². The third kappa shape index (κ3) is 1.84. The molecule has 31 heavy (non-hydrogen) atoms. The fraction of sp³-hybridized carbons (Fsp3) is 0.0741. The van der Waals surface area contributed by atoms with Gasteiger partial charge in [0.1, 0.15) is 5.52 Å². The van der Waals surface area contributed by atoms with Gasteiger partial charge >= 0.3 is 0 Å². The lowest BCUT2D eigenvalue weighted by atomic mass is 9.97. The van der Waals surface area contributed by atoms with Gasteiger partial charge in [-0.25, -0.2) is 4.98 Å². The zero-order valence-corrected chi connectivity index (χ0v) is 16.6. The van der Waals surface area contributed by atoms with Crippen molar-refractivity contribution in [2.24, 2.45) is 0 Å². The second-order valence-electron chi connectivity index (χ2n) is 8.49. The Morgan fingerprint density at radius 2 is 1.65 bits per heavy atom. The predicted molar refractivity (Wildman–Crippen MR) is 122 cm³/mol. The highest BCUT2D eigenvalue weighted by Crippen LogP contribution is 2.47. The van der Waals surface area contributed by atoms with Gasteiger partial charge in [0.25, 0.3) is 0 Å². The Kier molecular flexibility index (Phi) is 2.72. The van der Waals surface area contributed by atoms with Crippen molar-refractivity contribution in [1.82, 2.24) is 19.4 Å². The molecular formula is C27H16N4. The third-order valence-corrected chi connectivity index (χ3v) is 7.01. The molecule has 8 rings (SSSR count). The summed E-state index contributed by atoms with van der Waals surface area (Å²) in [5.41, 5.74) is 13.7. The van der Waals surface area contributed by atoms with Crippen LogP contribution in [0.1, 0.15) is 22.4 Å². The molecule has 0 unspecified atom stereocenters. The minimum Gasteiger partial charge on any atom is -0.289 e. The second-order valence-corrected chi connectivity index (χ2v) is 8.49. The summed E-state index contributed by atoms with van der Waals surface area (Å²) < 4.78 is 2.29. The van der Waals surface area contributed by atoms with Gasteiger partial charge in [0.2, 0.25) is 0 Å². The SMILES string of the molecule is c1ccc2c(c1)Cc1c-2ccc2c1Cc1nc3c4ncccc4c4ccncc4n3c1-2. The molecular weight excluding hydrogens is 380 g/mol. The molecule has 4 heteroatoms. The monoisotopic (exact) mass is 396 g/mol. The fourth-order valence-corrected chi connectivity index (χ4v) is 5.72. The van der Waals surface area contributed by atoms with Crippen molar-refractivity contribution in [3.05, 3.63) is 95.6 Å². The Hall–Kier alpha value is -4.05. The van der Waals surface area contributed by atoms with E-state index >= 15 is 0 Å². The Labute approximate surface area is 177 Å². The van der Waals surface area contributed by atoms with E-state index in [0.29, 0.717) is 0 Å². The van der Waals surface area contributed by atoms with Gasteiger partial charge in [-0.05, 0) is 46.4 Å². The Bertz CT molecular complexity index is 1740. The lowest BCUT2D eigenvalue weighted by Gasteiger charge is -2.12. The molecule has 2 aliphatic carbocycles. The Morgan fingerprint density at radius 3 is 2.65 bits per heavy atom. The van der Waals surface area contributed by atoms with E-state index in [4.69, 9.17) is 9.97 Å². The smallest absolute Gasteiger partial charge is 0.164 e. The number of hydrogen-bond donors (Lipinski definition) is 0. The number of rotatable bonds is 0. The normalized spacial score (nSPS) is 13.5. The highest BCUT2D eigenvalue weighted by molar-refractivity contribution is 6.10. The summed E-state index contributed by atoms with van der Waals surface area (Å²) in [7, 11) is 0. The van der Waals surface area contributed by atoms with Crippen LogP contribution in [0, 0.1) is 0 Å². The molecule has 2 aromatic carbocycles. The number of aromatic nitrogens is 4. The molecule has 0 radical (unpaired) electrons. The van der Waals surface area contributed by atoms with E-state index < -0.39 is 0 Å². The van der Waals surface area contributed by atoms with Crippen molar-refractivity contribution >= 4 is 27.5 Å². The molecule has 0 amide bonds. The second kappa shape index (κ2) is 5.35. The van der Waals surface area contributed by atoms with E-state index in [1.807, 2.05) is 24.7 Å². The summed E-state index contributed by atoms with van der Waals surface area (Å²) in [5.74, 6) is 0. The fourth-order valence-electron chi connectivity index (χ4n) is 5.72. The zero-order valence-electron chi connectivity index (χ0n) is 16.6. The van der Waals surface area contributed by atoms with Crippen LogP contribution >= 0.6 is 0 Å². The minimum absolute atomic E-state index is 0.875. The van der Waals surface area contributed by atoms with Crippen molar-refractivity contribution in [2.75, 3.05) is 0 Å². The Morgan fingerprint density at radius 1 is 0.742 bits per heavy atom. The van der Waals surface area contributed by atoms with Crippen molar-refractivity contribution in [3.8, 4) is 22.4 Å². The van der Waals surface area contributed by atoms with Crippen LogP contribution in [0.4, 0.5) is 0 Å². The maximum atomic E-state index is 5.13. The van der Waals surface area contributed by atoms with Gasteiger partial charge in [-0.2, -0.15) is 0 Å². The molecule has 0 bridgehead atoms. The van der Waals surface area contributed by atoms with Crippen molar-refractivity contribution in [2.45, 2.75) is 12.8 Å². The topological polar surface area (TPSA) is 43.1 Å². The van der Waals surface area contributed by atoms with Crippen molar-refractivity contribution < 1.29 is 0 Å². The minimum atomic E-state index is 0.875. The molecule has 4 nitrogen and oxygen atoms in total. The van der Waals surface area contributed by atoms with Crippen molar-refractivity contribution in [3.63, 3.8) is 0 Å². The van der Waals surface area contributed by atoms with E-state index in [9.17, 15) is 0 Å². The van der Waals surface area contributed by atoms with Gasteiger partial charge in [-0.1, -0.05) is 42.5 Å². The molecule has 4 heterocycles. The van der Waals surface area contributed by atoms with Gasteiger partial charge in [-0.15, -0.1) is 0 Å². The van der Waals surface area contributed by atoms with Gasteiger partial charge < -0.3 is 0 Å². The van der Waals surface area contributed by atoms with Crippen LogP contribution in [0.2, 0.25) is 0 Å². The first-order valence-corrected chi connectivity index (χ1v) is 10.6. The van der Waals surface area contributed by atoms with E-state index in [2.05, 4.69) is 57.9 Å². The molecule has 0 N–H and O–H groups in total. The largest absolute Gasteiger partial charge is 0.289 e. The first-order chi connectivity index (χ1) is 15.4. The Balaban J connectivity index is 1.49. The summed E-state index contributed by atoms with van der Waals surface area (Å²) in [6, 6.07) is 19.6. The van der Waals surface area contributed by atoms with Gasteiger partial charge in [-0.3, -0.25) is 14.4 Å². The van der Waals surface area contributed by atoms with Crippen LogP contribution < -0.4 is 0 Å². The number of hydrogen-bond acceptors (Lipinski definition) is 3. The molecule has 0 saturated carbocycles. The molecule has 0 saturated heterocycles. The first kappa shape index (κ1) is 15.7. The molecule has 0 spiro atoms. The van der Waals surface area contributed by atoms with E-state index in [1.165, 1.54) is 39.1 Å². The van der Waals surface area contributed by atoms with Gasteiger partial charge in [0, 0.05) is 35.2 Å². The molecule has 2 aliphatic rings. The van der Waals surface area contributed by atoms with Crippen LogP contribution in [0.5, 0.6) is 0 Å². The van der Waals surface area contributed by atoms with Crippen LogP contribution in [0.15, 0.2) is 73.2 Å². The first-order valence-electron chi connectivity index (χ1n) is 10.6. The average molecular weight is 396 g/mol. The molecule has 0 atom stereocenters. The highest BCUT2D eigenvalue weighted by atomic mass is 15.1. The summed E-state index contributed by atoms with van der Waals surface area (Å²) in [6.45, 7) is 0. The summed E-state index contributed by atoms with van der Waals surface area (Å²) in [6.07, 6.45) is 7.55. The summed E-state index contributed by atoms with van der Waals surface area (Å²) in [5, 5.41) is 2.29.